The number of tetrazole rings is 1. The number of amides is 1. The first-order valence-electron chi connectivity index (χ1n) is 10.1. The van der Waals surface area contributed by atoms with Gasteiger partial charge in [-0.15, -0.1) is 16.4 Å². The third kappa shape index (κ3) is 4.97. The molecule has 4 aromatic rings. The van der Waals surface area contributed by atoms with E-state index in [1.54, 1.807) is 32.7 Å². The third-order valence-corrected chi connectivity index (χ3v) is 7.04. The van der Waals surface area contributed by atoms with E-state index in [-0.39, 0.29) is 17.5 Å². The highest BCUT2D eigenvalue weighted by atomic mass is 32.2. The van der Waals surface area contributed by atoms with Crippen molar-refractivity contribution >= 4 is 34.8 Å². The van der Waals surface area contributed by atoms with E-state index in [1.165, 1.54) is 28.8 Å². The van der Waals surface area contributed by atoms with Gasteiger partial charge in [-0.1, -0.05) is 17.8 Å². The zero-order valence-corrected chi connectivity index (χ0v) is 19.6. The van der Waals surface area contributed by atoms with Crippen molar-refractivity contribution in [3.63, 3.8) is 0 Å². The van der Waals surface area contributed by atoms with E-state index < -0.39 is 0 Å². The van der Waals surface area contributed by atoms with Crippen molar-refractivity contribution in [1.29, 1.82) is 5.26 Å². The van der Waals surface area contributed by atoms with Crippen LogP contribution in [-0.4, -0.2) is 36.4 Å². The molecule has 1 aromatic carbocycles. The Morgan fingerprint density at radius 2 is 2.06 bits per heavy atom. The molecule has 0 unspecified atom stereocenters. The first-order chi connectivity index (χ1) is 16.0. The van der Waals surface area contributed by atoms with Gasteiger partial charge in [0.2, 0.25) is 11.1 Å². The minimum absolute atomic E-state index is 0.0664. The summed E-state index contributed by atoms with van der Waals surface area (Å²) in [4.78, 5) is 14.0. The predicted molar refractivity (Wildman–Crippen MR) is 125 cm³/mol. The Labute approximate surface area is 198 Å². The normalized spacial score (nSPS) is 10.8. The highest BCUT2D eigenvalue weighted by Crippen LogP contribution is 2.30. The number of aromatic nitrogens is 5. The summed E-state index contributed by atoms with van der Waals surface area (Å²) in [5, 5.41) is 26.9. The largest absolute Gasteiger partial charge is 0.310 e. The van der Waals surface area contributed by atoms with Gasteiger partial charge in [0.25, 0.3) is 0 Å². The van der Waals surface area contributed by atoms with E-state index in [0.29, 0.717) is 28.8 Å². The zero-order chi connectivity index (χ0) is 23.4. The third-order valence-electron chi connectivity index (χ3n) is 5.15. The molecule has 0 atom stereocenters. The standard InChI is InChI=1S/C22H20FN7OS2/c1-14-15(2)30(17-7-5-16(23)6-8-17)21(19(14)12-24)25-20(31)13-33-22-26-27-28-29(22)10-9-18-4-3-11-32-18/h3-8,11H,9-10,13H2,1-2H3,(H,25,31). The smallest absolute Gasteiger partial charge is 0.236 e. The summed E-state index contributed by atoms with van der Waals surface area (Å²) in [5.74, 6) is -0.233. The van der Waals surface area contributed by atoms with Crippen LogP contribution in [0.4, 0.5) is 10.2 Å². The number of hydrogen-bond donors (Lipinski definition) is 1. The summed E-state index contributed by atoms with van der Waals surface area (Å²) < 4.78 is 16.8. The fourth-order valence-electron chi connectivity index (χ4n) is 3.38. The van der Waals surface area contributed by atoms with Crippen LogP contribution in [0.3, 0.4) is 0 Å². The topological polar surface area (TPSA) is 101 Å². The monoisotopic (exact) mass is 481 g/mol. The molecule has 0 bridgehead atoms. The average molecular weight is 482 g/mol. The van der Waals surface area contributed by atoms with E-state index >= 15 is 0 Å². The second kappa shape index (κ2) is 9.97. The molecule has 0 spiro atoms. The lowest BCUT2D eigenvalue weighted by Crippen LogP contribution is -2.18. The lowest BCUT2D eigenvalue weighted by molar-refractivity contribution is -0.113. The number of thioether (sulfide) groups is 1. The van der Waals surface area contributed by atoms with Crippen LogP contribution in [0.5, 0.6) is 0 Å². The fraction of sp³-hybridized carbons (Fsp3) is 0.227. The summed E-state index contributed by atoms with van der Waals surface area (Å²) in [7, 11) is 0. The second-order valence-corrected chi connectivity index (χ2v) is 9.18. The highest BCUT2D eigenvalue weighted by molar-refractivity contribution is 7.99. The molecule has 0 aliphatic heterocycles. The second-order valence-electron chi connectivity index (χ2n) is 7.21. The van der Waals surface area contributed by atoms with E-state index in [4.69, 9.17) is 0 Å². The quantitative estimate of drug-likeness (QED) is 0.380. The Bertz CT molecular complexity index is 1300. The Morgan fingerprint density at radius 1 is 1.27 bits per heavy atom. The summed E-state index contributed by atoms with van der Waals surface area (Å²) >= 11 is 2.90. The number of halogens is 1. The Kier molecular flexibility index (Phi) is 6.86. The maximum atomic E-state index is 13.4. The van der Waals surface area contributed by atoms with Crippen LogP contribution < -0.4 is 5.32 Å². The van der Waals surface area contributed by atoms with Gasteiger partial charge in [-0.25, -0.2) is 9.07 Å². The first-order valence-corrected chi connectivity index (χ1v) is 11.9. The molecule has 0 aliphatic rings. The van der Waals surface area contributed by atoms with Crippen molar-refractivity contribution in [2.45, 2.75) is 32.0 Å². The summed E-state index contributed by atoms with van der Waals surface area (Å²) in [6, 6.07) is 12.1. The van der Waals surface area contributed by atoms with Gasteiger partial charge in [-0.3, -0.25) is 9.36 Å². The molecule has 0 fully saturated rings. The molecule has 0 saturated carbocycles. The average Bonchev–Trinajstić information content (AvgIpc) is 3.53. The van der Waals surface area contributed by atoms with Gasteiger partial charge in [0.05, 0.1) is 17.9 Å². The van der Waals surface area contributed by atoms with Gasteiger partial charge < -0.3 is 5.32 Å². The molecule has 3 aromatic heterocycles. The maximum Gasteiger partial charge on any atom is 0.236 e. The number of nitriles is 1. The molecule has 0 saturated heterocycles. The number of nitrogens with zero attached hydrogens (tertiary/aromatic N) is 6. The molecule has 8 nitrogen and oxygen atoms in total. The van der Waals surface area contributed by atoms with Crippen LogP contribution in [0.25, 0.3) is 5.69 Å². The van der Waals surface area contributed by atoms with Crippen LogP contribution in [-0.2, 0) is 17.8 Å². The minimum Gasteiger partial charge on any atom is -0.310 e. The van der Waals surface area contributed by atoms with Crippen LogP contribution in [0.2, 0.25) is 0 Å². The molecule has 1 N–H and O–H groups in total. The number of carbonyl (C=O) groups excluding carboxylic acids is 1. The van der Waals surface area contributed by atoms with Crippen LogP contribution in [0.15, 0.2) is 46.9 Å². The van der Waals surface area contributed by atoms with Crippen LogP contribution in [0.1, 0.15) is 21.7 Å². The van der Waals surface area contributed by atoms with Gasteiger partial charge in [-0.05, 0) is 65.5 Å². The molecule has 168 valence electrons. The van der Waals surface area contributed by atoms with E-state index in [9.17, 15) is 14.4 Å². The van der Waals surface area contributed by atoms with Gasteiger partial charge in [0, 0.05) is 22.7 Å². The van der Waals surface area contributed by atoms with Crippen molar-refractivity contribution in [2.24, 2.45) is 0 Å². The number of hydrogen-bond acceptors (Lipinski definition) is 7. The molecule has 3 heterocycles. The highest BCUT2D eigenvalue weighted by Gasteiger charge is 2.21. The SMILES string of the molecule is Cc1c(C#N)c(NC(=O)CSc2nnnn2CCc2cccs2)n(-c2ccc(F)cc2)c1C. The summed E-state index contributed by atoms with van der Waals surface area (Å²) in [6.07, 6.45) is 0.803. The van der Waals surface area contributed by atoms with Crippen molar-refractivity contribution in [3.8, 4) is 11.8 Å². The van der Waals surface area contributed by atoms with Crippen molar-refractivity contribution in [3.05, 3.63) is 69.3 Å². The molecular weight excluding hydrogens is 461 g/mol. The van der Waals surface area contributed by atoms with E-state index in [2.05, 4.69) is 33.0 Å². The van der Waals surface area contributed by atoms with Gasteiger partial charge >= 0.3 is 0 Å². The zero-order valence-electron chi connectivity index (χ0n) is 17.9. The molecule has 11 heteroatoms. The van der Waals surface area contributed by atoms with Gasteiger partial charge in [0.1, 0.15) is 17.7 Å². The Hall–Kier alpha value is -3.49. The Balaban J connectivity index is 1.48. The van der Waals surface area contributed by atoms with Gasteiger partial charge in [0.15, 0.2) is 0 Å². The number of carbonyl (C=O) groups is 1. The lowest BCUT2D eigenvalue weighted by Gasteiger charge is -2.13. The van der Waals surface area contributed by atoms with Crippen LogP contribution >= 0.6 is 23.1 Å². The number of anilines is 1. The first kappa shape index (κ1) is 22.7. The van der Waals surface area contributed by atoms with Crippen LogP contribution in [0, 0.1) is 31.0 Å². The van der Waals surface area contributed by atoms with E-state index in [0.717, 1.165) is 17.7 Å². The molecule has 0 aliphatic carbocycles. The Morgan fingerprint density at radius 3 is 2.76 bits per heavy atom. The number of rotatable bonds is 8. The maximum absolute atomic E-state index is 13.4. The number of nitrogens with one attached hydrogen (secondary N) is 1. The number of benzene rings is 1. The molecular formula is C22H20FN7OS2. The number of aryl methyl sites for hydroxylation is 2. The molecule has 1 amide bonds. The van der Waals surface area contributed by atoms with Crippen molar-refractivity contribution in [2.75, 3.05) is 11.1 Å². The van der Waals surface area contributed by atoms with Crippen molar-refractivity contribution < 1.29 is 9.18 Å². The lowest BCUT2D eigenvalue weighted by atomic mass is 10.2. The van der Waals surface area contributed by atoms with Crippen molar-refractivity contribution in [1.82, 2.24) is 24.8 Å². The fourth-order valence-corrected chi connectivity index (χ4v) is 4.78. The summed E-state index contributed by atoms with van der Waals surface area (Å²) in [5.41, 5.74) is 2.57. The van der Waals surface area contributed by atoms with E-state index in [1.807, 2.05) is 25.3 Å². The minimum atomic E-state index is -0.362. The number of thiophene rings is 1. The summed E-state index contributed by atoms with van der Waals surface area (Å²) in [6.45, 7) is 4.29. The molecule has 0 radical (unpaired) electrons. The molecule has 4 rings (SSSR count). The molecule has 33 heavy (non-hydrogen) atoms. The van der Waals surface area contributed by atoms with Gasteiger partial charge in [-0.2, -0.15) is 5.26 Å². The predicted octanol–water partition coefficient (Wildman–Crippen LogP) is 4.13.